The molecule has 55 valence electrons. The molecule has 1 rings (SSSR count). The van der Waals surface area contributed by atoms with Crippen LogP contribution in [0.5, 0.6) is 5.88 Å². The summed E-state index contributed by atoms with van der Waals surface area (Å²) in [6, 6.07) is 3.60. The Kier molecular flexibility index (Phi) is 2.51. The number of nitrogens with zero attached hydrogens (tertiary/aromatic N) is 1. The number of hydrogen-bond acceptors (Lipinski definition) is 2. The van der Waals surface area contributed by atoms with Gasteiger partial charge in [-0.05, 0) is 6.07 Å². The third kappa shape index (κ3) is 1.98. The van der Waals surface area contributed by atoms with Gasteiger partial charge >= 0.3 is 0 Å². The van der Waals surface area contributed by atoms with Gasteiger partial charge < -0.3 is 4.74 Å². The minimum Gasteiger partial charge on any atom is -0.481 e. The highest BCUT2D eigenvalue weighted by atomic mass is 16.5. The fourth-order valence-electron chi connectivity index (χ4n) is 0.677. The van der Waals surface area contributed by atoms with Crippen molar-refractivity contribution in [3.05, 3.63) is 30.8 Å². The lowest BCUT2D eigenvalue weighted by atomic mass is 10.3. The molecule has 1 radical (unpaired) electrons. The summed E-state index contributed by atoms with van der Waals surface area (Å²) >= 11 is 0. The van der Waals surface area contributed by atoms with E-state index in [0.717, 1.165) is 5.56 Å². The average molecular weight is 146 g/mol. The average Bonchev–Trinajstić information content (AvgIpc) is 2.07. The Morgan fingerprint density at radius 3 is 2.82 bits per heavy atom. The zero-order chi connectivity index (χ0) is 8.10. The molecule has 0 aliphatic rings. The molecule has 0 saturated heterocycles. The van der Waals surface area contributed by atoms with Crippen LogP contribution in [0.4, 0.5) is 0 Å². The molecule has 0 spiro atoms. The molecule has 1 heterocycles. The smallest absolute Gasteiger partial charge is 0.212 e. The maximum atomic E-state index is 4.87. The lowest BCUT2D eigenvalue weighted by Gasteiger charge is -1.95. The number of hydrogen-bond donors (Lipinski definition) is 0. The molecule has 0 fully saturated rings. The summed E-state index contributed by atoms with van der Waals surface area (Å²) in [6.45, 7) is 3.40. The van der Waals surface area contributed by atoms with E-state index in [-0.39, 0.29) is 0 Å². The minimum absolute atomic E-state index is 0.597. The van der Waals surface area contributed by atoms with Gasteiger partial charge in [0.1, 0.15) is 0 Å². The highest BCUT2D eigenvalue weighted by Crippen LogP contribution is 2.04. The SMILES string of the molecule is [CH2]C#Cc1ccc(OC)nc1. The summed E-state index contributed by atoms with van der Waals surface area (Å²) in [7, 11) is 1.58. The van der Waals surface area contributed by atoms with Crippen LogP contribution in [-0.2, 0) is 0 Å². The van der Waals surface area contributed by atoms with E-state index in [1.165, 1.54) is 0 Å². The van der Waals surface area contributed by atoms with E-state index < -0.39 is 0 Å². The molecular formula is C9H8NO. The van der Waals surface area contributed by atoms with Crippen LogP contribution in [0.15, 0.2) is 18.3 Å². The number of pyridine rings is 1. The fourth-order valence-corrected chi connectivity index (χ4v) is 0.677. The van der Waals surface area contributed by atoms with Crippen LogP contribution in [0.1, 0.15) is 5.56 Å². The van der Waals surface area contributed by atoms with Gasteiger partial charge in [-0.3, -0.25) is 0 Å². The Labute approximate surface area is 66.2 Å². The van der Waals surface area contributed by atoms with Crippen molar-refractivity contribution in [2.45, 2.75) is 0 Å². The van der Waals surface area contributed by atoms with Crippen LogP contribution in [0.2, 0.25) is 0 Å². The van der Waals surface area contributed by atoms with Crippen LogP contribution in [0, 0.1) is 18.8 Å². The van der Waals surface area contributed by atoms with E-state index in [1.54, 1.807) is 19.4 Å². The summed E-state index contributed by atoms with van der Waals surface area (Å²) in [5.74, 6) is 5.92. The second kappa shape index (κ2) is 3.62. The van der Waals surface area contributed by atoms with Crippen LogP contribution in [-0.4, -0.2) is 12.1 Å². The number of methoxy groups -OCH3 is 1. The monoisotopic (exact) mass is 146 g/mol. The summed E-state index contributed by atoms with van der Waals surface area (Å²) in [6.07, 6.45) is 1.65. The second-order valence-electron chi connectivity index (χ2n) is 1.89. The number of aromatic nitrogens is 1. The molecule has 0 aliphatic carbocycles. The summed E-state index contributed by atoms with van der Waals surface area (Å²) in [5, 5.41) is 0. The van der Waals surface area contributed by atoms with Crippen molar-refractivity contribution in [3.63, 3.8) is 0 Å². The van der Waals surface area contributed by atoms with Crippen LogP contribution >= 0.6 is 0 Å². The van der Waals surface area contributed by atoms with Crippen molar-refractivity contribution in [1.29, 1.82) is 0 Å². The van der Waals surface area contributed by atoms with Gasteiger partial charge in [0.2, 0.25) is 5.88 Å². The van der Waals surface area contributed by atoms with Gasteiger partial charge in [0.25, 0.3) is 0 Å². The molecule has 0 N–H and O–H groups in total. The third-order valence-corrected chi connectivity index (χ3v) is 1.18. The molecule has 0 atom stereocenters. The first-order chi connectivity index (χ1) is 5.36. The molecule has 2 nitrogen and oxygen atoms in total. The molecule has 0 bridgehead atoms. The quantitative estimate of drug-likeness (QED) is 0.557. The summed E-state index contributed by atoms with van der Waals surface area (Å²) in [5.41, 5.74) is 0.848. The Balaban J connectivity index is 2.88. The van der Waals surface area contributed by atoms with Crippen molar-refractivity contribution >= 4 is 0 Å². The maximum Gasteiger partial charge on any atom is 0.212 e. The lowest BCUT2D eigenvalue weighted by Crippen LogP contribution is -1.86. The molecule has 0 saturated carbocycles. The van der Waals surface area contributed by atoms with Crippen molar-refractivity contribution in [2.24, 2.45) is 0 Å². The second-order valence-corrected chi connectivity index (χ2v) is 1.89. The van der Waals surface area contributed by atoms with Crippen molar-refractivity contribution in [3.8, 4) is 17.7 Å². The highest BCUT2D eigenvalue weighted by Gasteiger charge is 1.89. The predicted molar refractivity (Wildman–Crippen MR) is 43.0 cm³/mol. The first kappa shape index (κ1) is 7.62. The van der Waals surface area contributed by atoms with Crippen LogP contribution in [0.3, 0.4) is 0 Å². The molecule has 0 amide bonds. The van der Waals surface area contributed by atoms with E-state index in [9.17, 15) is 0 Å². The number of rotatable bonds is 1. The largest absolute Gasteiger partial charge is 0.481 e. The molecular weight excluding hydrogens is 138 g/mol. The summed E-state index contributed by atoms with van der Waals surface area (Å²) < 4.78 is 4.87. The molecule has 0 aliphatic heterocycles. The van der Waals surface area contributed by atoms with Crippen molar-refractivity contribution in [2.75, 3.05) is 7.11 Å². The van der Waals surface area contributed by atoms with E-state index in [4.69, 9.17) is 4.74 Å². The zero-order valence-corrected chi connectivity index (χ0v) is 6.29. The Morgan fingerprint density at radius 1 is 1.55 bits per heavy atom. The highest BCUT2D eigenvalue weighted by molar-refractivity contribution is 5.33. The summed E-state index contributed by atoms with van der Waals surface area (Å²) in [4.78, 5) is 3.96. The van der Waals surface area contributed by atoms with E-state index in [0.29, 0.717) is 5.88 Å². The van der Waals surface area contributed by atoms with Gasteiger partial charge in [-0.1, -0.05) is 11.8 Å². The van der Waals surface area contributed by atoms with Crippen LogP contribution < -0.4 is 4.74 Å². The molecule has 0 aromatic carbocycles. The molecule has 1 aromatic heterocycles. The van der Waals surface area contributed by atoms with Gasteiger partial charge in [-0.15, -0.1) is 0 Å². The molecule has 0 unspecified atom stereocenters. The van der Waals surface area contributed by atoms with Crippen molar-refractivity contribution in [1.82, 2.24) is 4.98 Å². The molecule has 11 heavy (non-hydrogen) atoms. The fraction of sp³-hybridized carbons (Fsp3) is 0.111. The van der Waals surface area contributed by atoms with E-state index >= 15 is 0 Å². The van der Waals surface area contributed by atoms with Crippen LogP contribution in [0.25, 0.3) is 0 Å². The Morgan fingerprint density at radius 2 is 2.36 bits per heavy atom. The van der Waals surface area contributed by atoms with Gasteiger partial charge in [0, 0.05) is 24.8 Å². The minimum atomic E-state index is 0.597. The maximum absolute atomic E-state index is 4.87. The van der Waals surface area contributed by atoms with Gasteiger partial charge in [-0.2, -0.15) is 0 Å². The third-order valence-electron chi connectivity index (χ3n) is 1.18. The van der Waals surface area contributed by atoms with Gasteiger partial charge in [0.15, 0.2) is 0 Å². The predicted octanol–water partition coefficient (Wildman–Crippen LogP) is 1.28. The van der Waals surface area contributed by atoms with E-state index in [1.807, 2.05) is 6.07 Å². The lowest BCUT2D eigenvalue weighted by molar-refractivity contribution is 0.398. The normalized spacial score (nSPS) is 8.18. The van der Waals surface area contributed by atoms with E-state index in [2.05, 4.69) is 23.7 Å². The topological polar surface area (TPSA) is 22.1 Å². The number of ether oxygens (including phenoxy) is 1. The van der Waals surface area contributed by atoms with Gasteiger partial charge in [-0.25, -0.2) is 4.98 Å². The first-order valence-electron chi connectivity index (χ1n) is 3.15. The first-order valence-corrected chi connectivity index (χ1v) is 3.15. The van der Waals surface area contributed by atoms with Crippen molar-refractivity contribution < 1.29 is 4.74 Å². The Hall–Kier alpha value is -1.49. The standard InChI is InChI=1S/C9H8NO/c1-3-4-8-5-6-9(11-2)10-7-8/h5-7H,1H2,2H3. The zero-order valence-electron chi connectivity index (χ0n) is 6.29. The molecule has 2 heteroatoms. The molecule has 1 aromatic rings. The van der Waals surface area contributed by atoms with Gasteiger partial charge in [0.05, 0.1) is 7.11 Å². The Bertz CT molecular complexity index is 279.